The number of nitrogens with two attached hydrogens (primary N) is 1. The van der Waals surface area contributed by atoms with Crippen molar-refractivity contribution in [3.8, 4) is 11.3 Å². The molecule has 3 aliphatic rings. The number of rotatable bonds is 3. The van der Waals surface area contributed by atoms with Gasteiger partial charge in [0.2, 0.25) is 5.95 Å². The van der Waals surface area contributed by atoms with Crippen LogP contribution in [0.4, 0.5) is 17.6 Å². The molecule has 0 saturated carbocycles. The molecule has 2 saturated heterocycles. The summed E-state index contributed by atoms with van der Waals surface area (Å²) in [5.41, 5.74) is 10.4. The molecular formula is C20H26N6O2. The monoisotopic (exact) mass is 382 g/mol. The predicted molar refractivity (Wildman–Crippen MR) is 108 cm³/mol. The van der Waals surface area contributed by atoms with Gasteiger partial charge in [0.05, 0.1) is 38.2 Å². The maximum Gasteiger partial charge on any atom is 0.228 e. The van der Waals surface area contributed by atoms with Gasteiger partial charge >= 0.3 is 0 Å². The molecule has 8 heteroatoms. The molecule has 0 amide bonds. The van der Waals surface area contributed by atoms with Crippen molar-refractivity contribution in [2.24, 2.45) is 0 Å². The highest BCUT2D eigenvalue weighted by molar-refractivity contribution is 5.76. The Morgan fingerprint density at radius 1 is 1.14 bits per heavy atom. The zero-order valence-corrected chi connectivity index (χ0v) is 16.2. The first-order valence-electron chi connectivity index (χ1n) is 10.1. The maximum absolute atomic E-state index is 5.95. The van der Waals surface area contributed by atoms with E-state index in [2.05, 4.69) is 21.7 Å². The van der Waals surface area contributed by atoms with Crippen LogP contribution in [0.3, 0.4) is 0 Å². The van der Waals surface area contributed by atoms with E-state index in [1.165, 1.54) is 11.1 Å². The Morgan fingerprint density at radius 3 is 2.79 bits per heavy atom. The molecule has 3 aliphatic heterocycles. The molecule has 148 valence electrons. The van der Waals surface area contributed by atoms with E-state index in [1.807, 2.05) is 12.3 Å². The summed E-state index contributed by atoms with van der Waals surface area (Å²) in [4.78, 5) is 19.0. The van der Waals surface area contributed by atoms with Crippen LogP contribution in [0.25, 0.3) is 11.3 Å². The number of aromatic nitrogens is 3. The number of nitrogen functional groups attached to an aromatic ring is 1. The van der Waals surface area contributed by atoms with Gasteiger partial charge in [-0.2, -0.15) is 4.98 Å². The number of hydrogen-bond acceptors (Lipinski definition) is 8. The van der Waals surface area contributed by atoms with Crippen molar-refractivity contribution in [1.29, 1.82) is 0 Å². The van der Waals surface area contributed by atoms with Crippen molar-refractivity contribution in [2.75, 3.05) is 61.6 Å². The lowest BCUT2D eigenvalue weighted by Crippen LogP contribution is -2.43. The van der Waals surface area contributed by atoms with E-state index in [4.69, 9.17) is 25.2 Å². The number of ether oxygens (including phenoxy) is 2. The topological polar surface area (TPSA) is 89.6 Å². The van der Waals surface area contributed by atoms with Crippen LogP contribution < -0.4 is 15.5 Å². The molecule has 2 aromatic heterocycles. The number of anilines is 3. The Labute approximate surface area is 164 Å². The van der Waals surface area contributed by atoms with Gasteiger partial charge in [0.25, 0.3) is 0 Å². The largest absolute Gasteiger partial charge is 0.384 e. The molecule has 1 atom stereocenters. The lowest BCUT2D eigenvalue weighted by atomic mass is 9.99. The zero-order valence-electron chi connectivity index (χ0n) is 16.2. The van der Waals surface area contributed by atoms with Crippen LogP contribution in [0.1, 0.15) is 18.1 Å². The van der Waals surface area contributed by atoms with E-state index in [0.717, 1.165) is 68.7 Å². The lowest BCUT2D eigenvalue weighted by molar-refractivity contribution is 0.0974. The van der Waals surface area contributed by atoms with Gasteiger partial charge in [0.15, 0.2) is 0 Å². The third-order valence-corrected chi connectivity index (χ3v) is 5.85. The summed E-state index contributed by atoms with van der Waals surface area (Å²) in [7, 11) is 0. The smallest absolute Gasteiger partial charge is 0.228 e. The van der Waals surface area contributed by atoms with Gasteiger partial charge in [0, 0.05) is 43.4 Å². The second-order valence-corrected chi connectivity index (χ2v) is 7.52. The van der Waals surface area contributed by atoms with Gasteiger partial charge < -0.3 is 25.0 Å². The van der Waals surface area contributed by atoms with Gasteiger partial charge in [-0.05, 0) is 18.1 Å². The van der Waals surface area contributed by atoms with Gasteiger partial charge in [-0.1, -0.05) is 6.92 Å². The summed E-state index contributed by atoms with van der Waals surface area (Å²) in [5, 5.41) is 0. The summed E-state index contributed by atoms with van der Waals surface area (Å²) < 4.78 is 11.2. The van der Waals surface area contributed by atoms with Crippen LogP contribution >= 0.6 is 0 Å². The second-order valence-electron chi connectivity index (χ2n) is 7.52. The van der Waals surface area contributed by atoms with Crippen LogP contribution in [-0.2, 0) is 22.3 Å². The maximum atomic E-state index is 5.95. The minimum absolute atomic E-state index is 0.337. The van der Waals surface area contributed by atoms with Gasteiger partial charge in [-0.15, -0.1) is 0 Å². The first-order chi connectivity index (χ1) is 13.7. The molecule has 0 aromatic carbocycles. The highest BCUT2D eigenvalue weighted by Crippen LogP contribution is 2.40. The number of aryl methyl sites for hydroxylation is 1. The average Bonchev–Trinajstić information content (AvgIpc) is 3.12. The minimum Gasteiger partial charge on any atom is -0.384 e. The fourth-order valence-corrected chi connectivity index (χ4v) is 4.37. The Hall–Kier alpha value is -2.45. The first kappa shape index (κ1) is 17.6. The van der Waals surface area contributed by atoms with E-state index >= 15 is 0 Å². The van der Waals surface area contributed by atoms with Crippen molar-refractivity contribution in [3.63, 3.8) is 0 Å². The number of morpholine rings is 2. The number of nitrogens with zero attached hydrogens (tertiary/aromatic N) is 5. The fourth-order valence-electron chi connectivity index (χ4n) is 4.37. The summed E-state index contributed by atoms with van der Waals surface area (Å²) in [6.45, 7) is 7.53. The molecule has 0 aliphatic carbocycles. The first-order valence-corrected chi connectivity index (χ1v) is 10.1. The molecule has 2 aromatic rings. The van der Waals surface area contributed by atoms with Gasteiger partial charge in [-0.25, -0.2) is 9.97 Å². The Kier molecular flexibility index (Phi) is 4.52. The van der Waals surface area contributed by atoms with E-state index in [-0.39, 0.29) is 0 Å². The summed E-state index contributed by atoms with van der Waals surface area (Å²) in [6.07, 6.45) is 3.65. The predicted octanol–water partition coefficient (Wildman–Crippen LogP) is 1.28. The van der Waals surface area contributed by atoms with Crippen molar-refractivity contribution < 1.29 is 9.47 Å². The third kappa shape index (κ3) is 2.97. The van der Waals surface area contributed by atoms with E-state index in [9.17, 15) is 0 Å². The van der Waals surface area contributed by atoms with Crippen LogP contribution in [0, 0.1) is 0 Å². The van der Waals surface area contributed by atoms with Crippen molar-refractivity contribution in [2.45, 2.75) is 25.8 Å². The second kappa shape index (κ2) is 7.18. The van der Waals surface area contributed by atoms with Gasteiger partial charge in [-0.3, -0.25) is 0 Å². The Bertz CT molecular complexity index is 883. The quantitative estimate of drug-likeness (QED) is 0.849. The van der Waals surface area contributed by atoms with E-state index in [1.54, 1.807) is 0 Å². The Morgan fingerprint density at radius 2 is 1.96 bits per heavy atom. The molecule has 0 spiro atoms. The van der Waals surface area contributed by atoms with Crippen LogP contribution in [0.15, 0.2) is 12.3 Å². The molecule has 28 heavy (non-hydrogen) atoms. The molecule has 2 fully saturated rings. The van der Waals surface area contributed by atoms with Crippen molar-refractivity contribution in [3.05, 3.63) is 23.4 Å². The number of hydrogen-bond donors (Lipinski definition) is 1. The molecule has 8 nitrogen and oxygen atoms in total. The summed E-state index contributed by atoms with van der Waals surface area (Å²) >= 11 is 0. The highest BCUT2D eigenvalue weighted by Gasteiger charge is 2.37. The Balaban J connectivity index is 1.66. The highest BCUT2D eigenvalue weighted by atomic mass is 16.5. The molecule has 2 N–H and O–H groups in total. The minimum atomic E-state index is 0.337. The van der Waals surface area contributed by atoms with E-state index < -0.39 is 0 Å². The summed E-state index contributed by atoms with van der Waals surface area (Å²) in [6, 6.07) is 2.30. The van der Waals surface area contributed by atoms with Crippen molar-refractivity contribution >= 4 is 17.6 Å². The molecule has 5 rings (SSSR count). The lowest BCUT2D eigenvalue weighted by Gasteiger charge is -2.32. The van der Waals surface area contributed by atoms with Gasteiger partial charge in [0.1, 0.15) is 11.6 Å². The number of pyridine rings is 1. The van der Waals surface area contributed by atoms with Crippen LogP contribution in [-0.4, -0.2) is 67.1 Å². The standard InChI is InChI=1S/C20H26N6O2/c1-2-13-9-17(21)22-11-16(13)18-15-10-14-12-28-8-5-26(14)19(15)24-20(23-18)25-3-6-27-7-4-25/h9,11,14H,2-8,10,12H2,1H3,(H2,21,22)/t14-/m0/s1. The average molecular weight is 382 g/mol. The molecular weight excluding hydrogens is 356 g/mol. The molecule has 0 bridgehead atoms. The van der Waals surface area contributed by atoms with Crippen molar-refractivity contribution in [1.82, 2.24) is 15.0 Å². The third-order valence-electron chi connectivity index (χ3n) is 5.85. The normalized spacial score (nSPS) is 21.5. The molecule has 5 heterocycles. The zero-order chi connectivity index (χ0) is 19.1. The number of fused-ring (bicyclic) bond motifs is 3. The van der Waals surface area contributed by atoms with Crippen LogP contribution in [0.5, 0.6) is 0 Å². The van der Waals surface area contributed by atoms with E-state index in [0.29, 0.717) is 25.1 Å². The molecule has 0 radical (unpaired) electrons. The SMILES string of the molecule is CCc1cc(N)ncc1-c1nc(N2CCOCC2)nc2c1C[C@H]1COCCN21. The summed E-state index contributed by atoms with van der Waals surface area (Å²) in [5.74, 6) is 2.38. The molecule has 0 unspecified atom stereocenters. The van der Waals surface area contributed by atoms with Crippen LogP contribution in [0.2, 0.25) is 0 Å². The fraction of sp³-hybridized carbons (Fsp3) is 0.550.